The lowest BCUT2D eigenvalue weighted by Gasteiger charge is -2.50. The third-order valence-corrected chi connectivity index (χ3v) is 10.9. The highest BCUT2D eigenvalue weighted by molar-refractivity contribution is 8.00. The molecule has 1 fully saturated rings. The number of oxime groups is 1. The van der Waals surface area contributed by atoms with Crippen LogP contribution in [0.4, 0.5) is 15.2 Å². The first-order chi connectivity index (χ1) is 25.5. The second kappa shape index (κ2) is 14.6. The van der Waals surface area contributed by atoms with Gasteiger partial charge in [-0.05, 0) is 30.3 Å². The lowest BCUT2D eigenvalue weighted by Crippen LogP contribution is -2.71. The molecule has 2 aliphatic rings. The molecule has 6 heterocycles. The van der Waals surface area contributed by atoms with Crippen LogP contribution in [0.25, 0.3) is 11.0 Å². The van der Waals surface area contributed by atoms with Crippen molar-refractivity contribution in [3.05, 3.63) is 112 Å². The van der Waals surface area contributed by atoms with Gasteiger partial charge in [0.15, 0.2) is 23.6 Å². The third kappa shape index (κ3) is 6.90. The molecule has 53 heavy (non-hydrogen) atoms. The number of amides is 2. The topological polar surface area (TPSA) is 208 Å². The lowest BCUT2D eigenvalue weighted by atomic mass is 10.0. The molecular formula is C34H28ClFN10O5S2. The number of carboxylic acids is 1. The van der Waals surface area contributed by atoms with Crippen LogP contribution in [-0.2, 0) is 32.3 Å². The van der Waals surface area contributed by atoms with Crippen molar-refractivity contribution in [1.82, 2.24) is 24.8 Å². The van der Waals surface area contributed by atoms with Gasteiger partial charge in [-0.25, -0.2) is 9.37 Å². The molecule has 0 spiro atoms. The Balaban J connectivity index is 1.09. The molecule has 0 aliphatic carbocycles. The molecule has 19 heteroatoms. The van der Waals surface area contributed by atoms with Gasteiger partial charge >= 0.3 is 0 Å². The van der Waals surface area contributed by atoms with Crippen LogP contribution in [0, 0.1) is 11.2 Å². The Morgan fingerprint density at radius 1 is 1.26 bits per heavy atom. The van der Waals surface area contributed by atoms with E-state index in [0.29, 0.717) is 22.3 Å². The number of aromatic nitrogens is 4. The second-order valence-corrected chi connectivity index (χ2v) is 14.2. The van der Waals surface area contributed by atoms with E-state index >= 15 is 4.39 Å². The van der Waals surface area contributed by atoms with Crippen molar-refractivity contribution in [2.75, 3.05) is 23.9 Å². The van der Waals surface area contributed by atoms with Crippen molar-refractivity contribution in [2.45, 2.75) is 24.5 Å². The smallest absolute Gasteiger partial charge is 0.276 e. The minimum atomic E-state index is -1.52. The average Bonchev–Trinajstić information content (AvgIpc) is 3.77. The number of hydrogen-bond donors (Lipinski definition) is 4. The highest BCUT2D eigenvalue weighted by atomic mass is 35.5. The number of nitrogens with two attached hydrogens (primary N) is 1. The van der Waals surface area contributed by atoms with E-state index in [4.69, 9.17) is 27.6 Å². The normalized spacial score (nSPS) is 17.0. The number of rotatable bonds is 11. The Bertz CT molecular complexity index is 2340. The number of thiazole rings is 1. The average molecular weight is 775 g/mol. The number of carbonyl (C=O) groups is 3. The zero-order chi connectivity index (χ0) is 37.4. The molecular weight excluding hydrogens is 747 g/mol. The number of β-lactam (4-membered cyclic amide) rings is 1. The van der Waals surface area contributed by atoms with Gasteiger partial charge in [-0.2, -0.15) is 4.57 Å². The number of aliphatic carboxylic acids is 1. The summed E-state index contributed by atoms with van der Waals surface area (Å²) in [5.41, 5.74) is 8.41. The molecule has 2 aliphatic heterocycles. The summed E-state index contributed by atoms with van der Waals surface area (Å²) in [5, 5.41) is 31.3. The van der Waals surface area contributed by atoms with Crippen LogP contribution in [0.5, 0.6) is 0 Å². The largest absolute Gasteiger partial charge is 0.543 e. The predicted molar refractivity (Wildman–Crippen MR) is 194 cm³/mol. The highest BCUT2D eigenvalue weighted by Gasteiger charge is 2.53. The summed E-state index contributed by atoms with van der Waals surface area (Å²) in [6.07, 6.45) is 6.69. The van der Waals surface area contributed by atoms with Crippen LogP contribution in [0.15, 0.2) is 89.1 Å². The van der Waals surface area contributed by atoms with Crippen molar-refractivity contribution in [1.29, 1.82) is 5.41 Å². The maximum atomic E-state index is 15.5. The van der Waals surface area contributed by atoms with Crippen LogP contribution in [0.2, 0.25) is 5.02 Å². The molecule has 4 aromatic heterocycles. The van der Waals surface area contributed by atoms with Crippen molar-refractivity contribution in [2.24, 2.45) is 5.16 Å². The lowest BCUT2D eigenvalue weighted by molar-refractivity contribution is -0.663. The molecule has 0 radical (unpaired) electrons. The van der Waals surface area contributed by atoms with Gasteiger partial charge in [-0.1, -0.05) is 16.8 Å². The van der Waals surface area contributed by atoms with Gasteiger partial charge in [0.25, 0.3) is 11.8 Å². The van der Waals surface area contributed by atoms with Crippen LogP contribution < -0.4 is 26.0 Å². The first-order valence-corrected chi connectivity index (χ1v) is 18.1. The quantitative estimate of drug-likeness (QED) is 0.0505. The minimum Gasteiger partial charge on any atom is -0.543 e. The Kier molecular flexibility index (Phi) is 9.82. The number of carboxylic acid groups (broad SMARTS) is 1. The van der Waals surface area contributed by atoms with Gasteiger partial charge in [0.05, 0.1) is 18.2 Å². The summed E-state index contributed by atoms with van der Waals surface area (Å²) >= 11 is 8.96. The van der Waals surface area contributed by atoms with E-state index in [9.17, 15) is 19.5 Å². The molecule has 0 saturated carbocycles. The number of hydrogen-bond acceptors (Lipinski definition) is 12. The summed E-state index contributed by atoms with van der Waals surface area (Å²) in [5.74, 6) is -3.26. The summed E-state index contributed by atoms with van der Waals surface area (Å²) in [6, 6.07) is 10.6. The number of benzene rings is 1. The number of thioether (sulfide) groups is 1. The van der Waals surface area contributed by atoms with E-state index in [1.165, 1.54) is 36.4 Å². The first-order valence-electron chi connectivity index (χ1n) is 15.8. The fraction of sp³-hybridized carbons (Fsp3) is 0.176. The number of nitrogens with zero attached hydrogens (tertiary/aromatic N) is 6. The van der Waals surface area contributed by atoms with Crippen LogP contribution in [-0.4, -0.2) is 73.0 Å². The Labute approximate surface area is 313 Å². The number of anilines is 2. The fourth-order valence-corrected chi connectivity index (χ4v) is 8.26. The van der Waals surface area contributed by atoms with Crippen molar-refractivity contribution in [3.63, 3.8) is 0 Å². The molecule has 7 rings (SSSR count). The van der Waals surface area contributed by atoms with E-state index in [1.807, 2.05) is 21.3 Å². The van der Waals surface area contributed by atoms with Gasteiger partial charge in [-0.3, -0.25) is 24.9 Å². The number of nitrogens with one attached hydrogen (secondary N) is 3. The van der Waals surface area contributed by atoms with Gasteiger partial charge in [-0.15, -0.1) is 23.1 Å². The molecule has 2 amide bonds. The van der Waals surface area contributed by atoms with Gasteiger partial charge in [0.1, 0.15) is 41.4 Å². The maximum Gasteiger partial charge on any atom is 0.276 e. The molecule has 0 bridgehead atoms. The molecule has 5 aromatic rings. The molecule has 15 nitrogen and oxygen atoms in total. The Hall–Kier alpha value is -5.85. The second-order valence-electron chi connectivity index (χ2n) is 11.8. The van der Waals surface area contributed by atoms with Crippen molar-refractivity contribution in [3.8, 4) is 0 Å². The van der Waals surface area contributed by atoms with Gasteiger partial charge < -0.3 is 35.7 Å². The molecule has 1 aromatic carbocycles. The number of fused-ring (bicyclic) bond motifs is 2. The van der Waals surface area contributed by atoms with Crippen molar-refractivity contribution < 1.29 is 33.3 Å². The van der Waals surface area contributed by atoms with Gasteiger partial charge in [0.2, 0.25) is 5.52 Å². The SMILES string of the molecule is CO/N=C(\C(=O)N[C@@H]1C(=O)N2C(C(=O)[O-])=C(C[n+]3cccc4c3ccn4Cc3c(F)cc(C(=N)Nc4ccncc4)cc3Cl)CS[C@H]12)c1csc(N)n1. The number of carbonyl (C=O) groups excluding carboxylic acids is 3. The van der Waals surface area contributed by atoms with E-state index < -0.39 is 35.0 Å². The molecule has 5 N–H and O–H groups in total. The highest BCUT2D eigenvalue weighted by Crippen LogP contribution is 2.40. The molecule has 270 valence electrons. The predicted octanol–water partition coefficient (Wildman–Crippen LogP) is 2.10. The maximum absolute atomic E-state index is 15.5. The number of amidine groups is 1. The van der Waals surface area contributed by atoms with E-state index in [1.54, 1.807) is 43.0 Å². The Morgan fingerprint density at radius 3 is 2.75 bits per heavy atom. The van der Waals surface area contributed by atoms with Crippen LogP contribution in [0.1, 0.15) is 16.8 Å². The third-order valence-electron chi connectivity index (χ3n) is 8.57. The summed E-state index contributed by atoms with van der Waals surface area (Å²) in [4.78, 5) is 52.9. The monoisotopic (exact) mass is 774 g/mol. The zero-order valence-corrected chi connectivity index (χ0v) is 30.0. The zero-order valence-electron chi connectivity index (χ0n) is 27.6. The number of pyridine rings is 2. The minimum absolute atomic E-state index is 0.0306. The van der Waals surface area contributed by atoms with Crippen molar-refractivity contribution >= 4 is 85.9 Å². The molecule has 2 atom stereocenters. The molecule has 0 unspecified atom stereocenters. The summed E-state index contributed by atoms with van der Waals surface area (Å²) in [6.45, 7) is 0.188. The number of halogens is 2. The number of nitrogen functional groups attached to an aromatic ring is 1. The van der Waals surface area contributed by atoms with E-state index in [0.717, 1.165) is 16.2 Å². The standard InChI is InChI=1S/C34H28ClFN10O5S2/c1-51-43-26(23-16-53-34(38)41-23)30(47)42-27-31(48)46-28(33(49)50)18(15-52-32(27)46)13-44-9-2-3-24-25(44)6-10-45(24)14-20-21(35)11-17(12-22(20)36)29(37)40-19-4-7-39-8-5-19/h2-12,16,27,32H,13-15H2,1H3,(H5-,37,38,39,40,41,42,47,49,50)/b43-26-/t27-,32-/m1/s1. The fourth-order valence-electron chi connectivity index (χ4n) is 6.11. The van der Waals surface area contributed by atoms with E-state index in [-0.39, 0.29) is 63.1 Å². The van der Waals surface area contributed by atoms with Crippen LogP contribution >= 0.6 is 34.7 Å². The Morgan fingerprint density at radius 2 is 2.06 bits per heavy atom. The van der Waals surface area contributed by atoms with Gasteiger partial charge in [0, 0.05) is 69.3 Å². The first kappa shape index (κ1) is 35.5. The van der Waals surface area contributed by atoms with E-state index in [2.05, 4.69) is 25.8 Å². The molecule has 1 saturated heterocycles. The summed E-state index contributed by atoms with van der Waals surface area (Å²) in [7, 11) is 1.26. The summed E-state index contributed by atoms with van der Waals surface area (Å²) < 4.78 is 19.1. The van der Waals surface area contributed by atoms with Crippen LogP contribution in [0.3, 0.4) is 0 Å².